The number of fused-ring (bicyclic) bond motifs is 1. The van der Waals surface area contributed by atoms with E-state index in [4.69, 9.17) is 31.5 Å². The summed E-state index contributed by atoms with van der Waals surface area (Å²) in [6.45, 7) is 5.55. The van der Waals surface area contributed by atoms with Crippen LogP contribution in [-0.2, 0) is 9.53 Å². The molecule has 194 valence electrons. The molecule has 0 saturated carbocycles. The fourth-order valence-corrected chi connectivity index (χ4v) is 4.74. The highest BCUT2D eigenvalue weighted by molar-refractivity contribution is 7.22. The number of halogens is 1. The Labute approximate surface area is 223 Å². The van der Waals surface area contributed by atoms with Crippen molar-refractivity contribution < 1.29 is 19.0 Å². The predicted molar refractivity (Wildman–Crippen MR) is 146 cm³/mol. The van der Waals surface area contributed by atoms with Gasteiger partial charge in [0.25, 0.3) is 5.56 Å². The van der Waals surface area contributed by atoms with Gasteiger partial charge in [0.05, 0.1) is 18.3 Å². The zero-order chi connectivity index (χ0) is 26.7. The lowest BCUT2D eigenvalue weighted by molar-refractivity contribution is -0.152. The molecule has 2 atom stereocenters. The van der Waals surface area contributed by atoms with Crippen LogP contribution in [0.1, 0.15) is 20.8 Å². The second-order valence-electron chi connectivity index (χ2n) is 8.92. The van der Waals surface area contributed by atoms with Crippen molar-refractivity contribution in [3.05, 3.63) is 70.2 Å². The monoisotopic (exact) mass is 541 g/mol. The third kappa shape index (κ3) is 5.95. The number of ether oxygens (including phenoxy) is 3. The number of carbonyl (C=O) groups is 1. The summed E-state index contributed by atoms with van der Waals surface area (Å²) in [5, 5.41) is 0.650. The third-order valence-electron chi connectivity index (χ3n) is 5.77. The topological polar surface area (TPSA) is 106 Å². The van der Waals surface area contributed by atoms with E-state index in [-0.39, 0.29) is 18.1 Å². The number of nitrogens with two attached hydrogens (primary N) is 1. The van der Waals surface area contributed by atoms with Crippen molar-refractivity contribution in [3.8, 4) is 27.6 Å². The Balaban J connectivity index is 1.54. The van der Waals surface area contributed by atoms with E-state index in [9.17, 15) is 9.59 Å². The minimum atomic E-state index is -0.689. The summed E-state index contributed by atoms with van der Waals surface area (Å²) in [5.41, 5.74) is 7.83. The largest absolute Gasteiger partial charge is 0.493 e. The summed E-state index contributed by atoms with van der Waals surface area (Å²) >= 11 is 7.38. The number of carbonyl (C=O) groups excluding carboxylic acids is 1. The van der Waals surface area contributed by atoms with E-state index in [1.54, 1.807) is 25.1 Å². The Morgan fingerprint density at radius 3 is 2.51 bits per heavy atom. The van der Waals surface area contributed by atoms with Crippen LogP contribution in [0.3, 0.4) is 0 Å². The molecule has 1 unspecified atom stereocenters. The number of nitrogens with zero attached hydrogens (tertiary/aromatic N) is 2. The average molecular weight is 542 g/mol. The lowest BCUT2D eigenvalue weighted by Gasteiger charge is -2.20. The molecule has 0 bridgehead atoms. The molecule has 2 aromatic heterocycles. The quantitative estimate of drug-likeness (QED) is 0.295. The molecule has 2 heterocycles. The van der Waals surface area contributed by atoms with Gasteiger partial charge in [-0.1, -0.05) is 37.6 Å². The first-order chi connectivity index (χ1) is 17.7. The molecule has 0 saturated heterocycles. The first-order valence-electron chi connectivity index (χ1n) is 11.7. The number of thiophene rings is 1. The van der Waals surface area contributed by atoms with Gasteiger partial charge in [0.15, 0.2) is 11.5 Å². The molecule has 0 fully saturated rings. The molecule has 8 nitrogen and oxygen atoms in total. The van der Waals surface area contributed by atoms with Crippen molar-refractivity contribution in [2.45, 2.75) is 32.9 Å². The maximum Gasteiger partial charge on any atom is 0.323 e. The van der Waals surface area contributed by atoms with Crippen LogP contribution in [0.2, 0.25) is 5.02 Å². The first kappa shape index (κ1) is 26.7. The fraction of sp³-hybridized carbons (Fsp3) is 0.296. The van der Waals surface area contributed by atoms with Crippen molar-refractivity contribution in [2.75, 3.05) is 13.7 Å². The van der Waals surface area contributed by atoms with E-state index in [1.807, 2.05) is 44.2 Å². The SMILES string of the molecule is COc1cc(-n2cnc3cc(-c4ccc(Cl)cc4)sc3c2=O)ccc1OCC(C)OC(=O)[C@@H](N)C(C)C. The van der Waals surface area contributed by atoms with Crippen molar-refractivity contribution in [1.29, 1.82) is 0 Å². The molecule has 2 N–H and O–H groups in total. The Bertz CT molecular complexity index is 1470. The van der Waals surface area contributed by atoms with Gasteiger partial charge in [-0.3, -0.25) is 14.2 Å². The minimum absolute atomic E-state index is 0.0245. The van der Waals surface area contributed by atoms with Crippen molar-refractivity contribution >= 4 is 39.1 Å². The summed E-state index contributed by atoms with van der Waals surface area (Å²) in [4.78, 5) is 30.8. The van der Waals surface area contributed by atoms with Crippen LogP contribution in [0, 0.1) is 5.92 Å². The van der Waals surface area contributed by atoms with Gasteiger partial charge in [-0.25, -0.2) is 4.98 Å². The zero-order valence-corrected chi connectivity index (χ0v) is 22.5. The number of benzene rings is 2. The van der Waals surface area contributed by atoms with Crippen molar-refractivity contribution in [3.63, 3.8) is 0 Å². The smallest absolute Gasteiger partial charge is 0.323 e. The average Bonchev–Trinajstić information content (AvgIpc) is 3.33. The van der Waals surface area contributed by atoms with Crippen LogP contribution in [0.25, 0.3) is 26.3 Å². The molecule has 0 aliphatic carbocycles. The van der Waals surface area contributed by atoms with E-state index in [0.717, 1.165) is 10.4 Å². The van der Waals surface area contributed by atoms with Gasteiger partial charge in [0.1, 0.15) is 29.8 Å². The molecule has 0 spiro atoms. The molecular weight excluding hydrogens is 514 g/mol. The molecule has 4 aromatic rings. The van der Waals surface area contributed by atoms with Gasteiger partial charge in [0, 0.05) is 16.0 Å². The number of aromatic nitrogens is 2. The van der Waals surface area contributed by atoms with Gasteiger partial charge in [-0.2, -0.15) is 0 Å². The number of esters is 1. The number of rotatable bonds is 9. The Morgan fingerprint density at radius 1 is 1.11 bits per heavy atom. The predicted octanol–water partition coefficient (Wildman–Crippen LogP) is 5.07. The van der Waals surface area contributed by atoms with E-state index >= 15 is 0 Å². The van der Waals surface area contributed by atoms with Crippen LogP contribution in [0.15, 0.2) is 59.7 Å². The van der Waals surface area contributed by atoms with Crippen molar-refractivity contribution in [1.82, 2.24) is 9.55 Å². The normalized spacial score (nSPS) is 12.9. The van der Waals surface area contributed by atoms with Gasteiger partial charge >= 0.3 is 5.97 Å². The molecule has 0 aliphatic rings. The molecule has 2 aromatic carbocycles. The first-order valence-corrected chi connectivity index (χ1v) is 12.9. The summed E-state index contributed by atoms with van der Waals surface area (Å²) < 4.78 is 18.7. The van der Waals surface area contributed by atoms with Crippen molar-refractivity contribution in [2.24, 2.45) is 11.7 Å². The highest BCUT2D eigenvalue weighted by Crippen LogP contribution is 2.33. The van der Waals surface area contributed by atoms with E-state index in [1.165, 1.54) is 29.3 Å². The highest BCUT2D eigenvalue weighted by atomic mass is 35.5. The van der Waals surface area contributed by atoms with E-state index in [0.29, 0.717) is 32.4 Å². The molecule has 10 heteroatoms. The maximum absolute atomic E-state index is 13.3. The van der Waals surface area contributed by atoms with Crippen LogP contribution < -0.4 is 20.8 Å². The van der Waals surface area contributed by atoms with Gasteiger partial charge < -0.3 is 19.9 Å². The molecule has 0 amide bonds. The zero-order valence-electron chi connectivity index (χ0n) is 20.9. The highest BCUT2D eigenvalue weighted by Gasteiger charge is 2.21. The minimum Gasteiger partial charge on any atom is -0.493 e. The molecule has 0 radical (unpaired) electrons. The second kappa shape index (κ2) is 11.3. The molecule has 0 aliphatic heterocycles. The molecule has 37 heavy (non-hydrogen) atoms. The Kier molecular flexibility index (Phi) is 8.16. The van der Waals surface area contributed by atoms with Gasteiger partial charge in [0.2, 0.25) is 0 Å². The summed E-state index contributed by atoms with van der Waals surface area (Å²) in [7, 11) is 1.51. The van der Waals surface area contributed by atoms with Crippen LogP contribution in [-0.4, -0.2) is 41.4 Å². The summed E-state index contributed by atoms with van der Waals surface area (Å²) in [5.74, 6) is 0.382. The molecule has 4 rings (SSSR count). The Hall–Kier alpha value is -3.40. The number of hydrogen-bond donors (Lipinski definition) is 1. The van der Waals surface area contributed by atoms with E-state index in [2.05, 4.69) is 4.98 Å². The third-order valence-corrected chi connectivity index (χ3v) is 7.19. The molecular formula is C27H28ClN3O5S. The second-order valence-corrected chi connectivity index (χ2v) is 10.4. The maximum atomic E-state index is 13.3. The van der Waals surface area contributed by atoms with Crippen LogP contribution in [0.5, 0.6) is 11.5 Å². The summed E-state index contributed by atoms with van der Waals surface area (Å²) in [6, 6.07) is 13.8. The standard InChI is InChI=1S/C27H28ClN3O5S/c1-15(2)24(29)27(33)36-16(3)13-35-21-10-9-19(11-22(21)34-4)31-14-30-20-12-23(37-25(20)26(31)32)17-5-7-18(28)8-6-17/h5-12,14-16,24H,13,29H2,1-4H3/t16?,24-/m0/s1. The van der Waals surface area contributed by atoms with Gasteiger partial charge in [-0.15, -0.1) is 11.3 Å². The Morgan fingerprint density at radius 2 is 1.84 bits per heavy atom. The van der Waals surface area contributed by atoms with E-state index < -0.39 is 18.1 Å². The van der Waals surface area contributed by atoms with Crippen LogP contribution >= 0.6 is 22.9 Å². The lowest BCUT2D eigenvalue weighted by atomic mass is 10.1. The lowest BCUT2D eigenvalue weighted by Crippen LogP contribution is -2.39. The van der Waals surface area contributed by atoms with Crippen LogP contribution in [0.4, 0.5) is 0 Å². The fourth-order valence-electron chi connectivity index (χ4n) is 3.57. The van der Waals surface area contributed by atoms with Gasteiger partial charge in [-0.05, 0) is 48.7 Å². The number of methoxy groups -OCH3 is 1. The summed E-state index contributed by atoms with van der Waals surface area (Å²) in [6.07, 6.45) is 0.988. The number of hydrogen-bond acceptors (Lipinski definition) is 8.